The molecule has 0 bridgehead atoms. The van der Waals surface area contributed by atoms with Crippen LogP contribution in [-0.4, -0.2) is 23.2 Å². The van der Waals surface area contributed by atoms with Gasteiger partial charge in [0.25, 0.3) is 0 Å². The summed E-state index contributed by atoms with van der Waals surface area (Å²) in [6, 6.07) is 1.98. The molecule has 0 unspecified atom stereocenters. The van der Waals surface area contributed by atoms with E-state index in [2.05, 4.69) is 9.97 Å². The molecule has 1 saturated heterocycles. The molecule has 14 heavy (non-hydrogen) atoms. The number of hydrogen-bond acceptors (Lipinski definition) is 3. The van der Waals surface area contributed by atoms with Crippen molar-refractivity contribution in [3.63, 3.8) is 0 Å². The average molecular weight is 213 g/mol. The Kier molecular flexibility index (Phi) is 3.32. The monoisotopic (exact) mass is 212 g/mol. The summed E-state index contributed by atoms with van der Waals surface area (Å²) >= 11 is 5.69. The van der Waals surface area contributed by atoms with Crippen molar-refractivity contribution < 1.29 is 4.74 Å². The zero-order valence-corrected chi connectivity index (χ0v) is 8.70. The summed E-state index contributed by atoms with van der Waals surface area (Å²) in [5.41, 5.74) is 1.11. The van der Waals surface area contributed by atoms with Gasteiger partial charge in [-0.25, -0.2) is 9.97 Å². The van der Waals surface area contributed by atoms with E-state index in [9.17, 15) is 0 Å². The minimum Gasteiger partial charge on any atom is -0.381 e. The predicted molar refractivity (Wildman–Crippen MR) is 54.4 cm³/mol. The highest BCUT2D eigenvalue weighted by atomic mass is 35.5. The molecule has 0 aliphatic carbocycles. The van der Waals surface area contributed by atoms with Gasteiger partial charge in [0.1, 0.15) is 5.82 Å². The Morgan fingerprint density at radius 1 is 1.43 bits per heavy atom. The van der Waals surface area contributed by atoms with E-state index in [1.165, 1.54) is 0 Å². The molecule has 3 nitrogen and oxygen atoms in total. The Morgan fingerprint density at radius 3 is 2.93 bits per heavy atom. The van der Waals surface area contributed by atoms with Crippen molar-refractivity contribution >= 4 is 11.6 Å². The minimum absolute atomic E-state index is 0.386. The van der Waals surface area contributed by atoms with E-state index in [0.717, 1.165) is 37.6 Å². The molecule has 1 aromatic rings. The predicted octanol–water partition coefficient (Wildman–Crippen LogP) is 2.11. The van der Waals surface area contributed by atoms with Gasteiger partial charge in [-0.1, -0.05) is 0 Å². The summed E-state index contributed by atoms with van der Waals surface area (Å²) < 4.78 is 5.31. The van der Waals surface area contributed by atoms with Crippen LogP contribution in [0.15, 0.2) is 12.3 Å². The second-order valence-corrected chi connectivity index (χ2v) is 3.69. The highest BCUT2D eigenvalue weighted by Gasteiger charge is 2.17. The number of nitrogens with zero attached hydrogens (tertiary/aromatic N) is 2. The van der Waals surface area contributed by atoms with Crippen molar-refractivity contribution in [2.45, 2.75) is 24.6 Å². The lowest BCUT2D eigenvalue weighted by Gasteiger charge is -2.21. The van der Waals surface area contributed by atoms with Gasteiger partial charge in [-0.05, 0) is 18.9 Å². The molecular weight excluding hydrogens is 200 g/mol. The molecule has 0 amide bonds. The van der Waals surface area contributed by atoms with E-state index in [-0.39, 0.29) is 0 Å². The standard InChI is InChI=1S/C10H13ClN2O/c11-7-10-12-4-1-9(13-10)8-2-5-14-6-3-8/h1,4,8H,2-3,5-7H2. The maximum absolute atomic E-state index is 5.69. The van der Waals surface area contributed by atoms with E-state index in [1.807, 2.05) is 6.07 Å². The second kappa shape index (κ2) is 4.71. The summed E-state index contributed by atoms with van der Waals surface area (Å²) in [4.78, 5) is 8.49. The first-order valence-corrected chi connectivity index (χ1v) is 5.39. The summed E-state index contributed by atoms with van der Waals surface area (Å²) in [5, 5.41) is 0. The van der Waals surface area contributed by atoms with Crippen LogP contribution < -0.4 is 0 Å². The van der Waals surface area contributed by atoms with Crippen LogP contribution in [0.4, 0.5) is 0 Å². The SMILES string of the molecule is ClCc1nccc(C2CCOCC2)n1. The first kappa shape index (κ1) is 9.87. The molecule has 2 heterocycles. The number of hydrogen-bond donors (Lipinski definition) is 0. The number of rotatable bonds is 2. The zero-order chi connectivity index (χ0) is 9.80. The first-order valence-electron chi connectivity index (χ1n) is 4.85. The van der Waals surface area contributed by atoms with E-state index in [1.54, 1.807) is 6.20 Å². The topological polar surface area (TPSA) is 35.0 Å². The molecule has 0 radical (unpaired) electrons. The van der Waals surface area contributed by atoms with Gasteiger partial charge in [-0.3, -0.25) is 0 Å². The molecule has 0 spiro atoms. The van der Waals surface area contributed by atoms with Crippen molar-refractivity contribution in [3.8, 4) is 0 Å². The molecule has 76 valence electrons. The summed E-state index contributed by atoms with van der Waals surface area (Å²) in [6.07, 6.45) is 3.90. The summed E-state index contributed by atoms with van der Waals surface area (Å²) in [7, 11) is 0. The van der Waals surface area contributed by atoms with Crippen LogP contribution in [0.3, 0.4) is 0 Å². The van der Waals surface area contributed by atoms with Gasteiger partial charge in [-0.15, -0.1) is 11.6 Å². The van der Waals surface area contributed by atoms with Gasteiger partial charge in [0.2, 0.25) is 0 Å². The maximum Gasteiger partial charge on any atom is 0.143 e. The summed E-state index contributed by atoms with van der Waals surface area (Å²) in [5.74, 6) is 1.63. The van der Waals surface area contributed by atoms with Gasteiger partial charge in [0.05, 0.1) is 5.88 Å². The lowest BCUT2D eigenvalue weighted by Crippen LogP contribution is -2.15. The second-order valence-electron chi connectivity index (χ2n) is 3.42. The average Bonchev–Trinajstić information content (AvgIpc) is 2.30. The third-order valence-corrected chi connectivity index (χ3v) is 2.73. The van der Waals surface area contributed by atoms with Crippen molar-refractivity contribution in [2.75, 3.05) is 13.2 Å². The van der Waals surface area contributed by atoms with Gasteiger partial charge in [-0.2, -0.15) is 0 Å². The third-order valence-electron chi connectivity index (χ3n) is 2.49. The zero-order valence-electron chi connectivity index (χ0n) is 7.95. The molecule has 2 rings (SSSR count). The number of alkyl halides is 1. The smallest absolute Gasteiger partial charge is 0.143 e. The Hall–Kier alpha value is -0.670. The van der Waals surface area contributed by atoms with Crippen LogP contribution in [0.5, 0.6) is 0 Å². The first-order chi connectivity index (χ1) is 6.90. The molecule has 1 aliphatic heterocycles. The molecule has 0 aromatic carbocycles. The van der Waals surface area contributed by atoms with Gasteiger partial charge in [0.15, 0.2) is 0 Å². The Bertz CT molecular complexity index is 300. The van der Waals surface area contributed by atoms with Crippen molar-refractivity contribution in [1.29, 1.82) is 0 Å². The highest BCUT2D eigenvalue weighted by molar-refractivity contribution is 6.16. The van der Waals surface area contributed by atoms with Gasteiger partial charge >= 0.3 is 0 Å². The van der Waals surface area contributed by atoms with Crippen LogP contribution in [0.25, 0.3) is 0 Å². The molecule has 1 aliphatic rings. The fraction of sp³-hybridized carbons (Fsp3) is 0.600. The molecule has 0 atom stereocenters. The molecule has 0 N–H and O–H groups in total. The number of halogens is 1. The largest absolute Gasteiger partial charge is 0.381 e. The van der Waals surface area contributed by atoms with Gasteiger partial charge < -0.3 is 4.74 Å². The van der Waals surface area contributed by atoms with E-state index < -0.39 is 0 Å². The lowest BCUT2D eigenvalue weighted by molar-refractivity contribution is 0.0844. The molecule has 0 saturated carbocycles. The van der Waals surface area contributed by atoms with E-state index in [4.69, 9.17) is 16.3 Å². The van der Waals surface area contributed by atoms with E-state index >= 15 is 0 Å². The summed E-state index contributed by atoms with van der Waals surface area (Å²) in [6.45, 7) is 1.68. The van der Waals surface area contributed by atoms with Crippen LogP contribution in [0.1, 0.15) is 30.3 Å². The van der Waals surface area contributed by atoms with Crippen LogP contribution >= 0.6 is 11.6 Å². The van der Waals surface area contributed by atoms with Crippen LogP contribution in [0.2, 0.25) is 0 Å². The Balaban J connectivity index is 2.13. The Morgan fingerprint density at radius 2 is 2.21 bits per heavy atom. The Labute approximate surface area is 88.5 Å². The molecule has 1 fully saturated rings. The van der Waals surface area contributed by atoms with Crippen molar-refractivity contribution in [2.24, 2.45) is 0 Å². The van der Waals surface area contributed by atoms with Crippen molar-refractivity contribution in [1.82, 2.24) is 9.97 Å². The van der Waals surface area contributed by atoms with Crippen LogP contribution in [0, 0.1) is 0 Å². The van der Waals surface area contributed by atoms with Gasteiger partial charge in [0, 0.05) is 31.0 Å². The fourth-order valence-corrected chi connectivity index (χ4v) is 1.83. The van der Waals surface area contributed by atoms with Crippen LogP contribution in [-0.2, 0) is 10.6 Å². The molecular formula is C10H13ClN2O. The fourth-order valence-electron chi connectivity index (χ4n) is 1.70. The minimum atomic E-state index is 0.386. The molecule has 4 heteroatoms. The quantitative estimate of drug-likeness (QED) is 0.705. The number of aromatic nitrogens is 2. The van der Waals surface area contributed by atoms with E-state index in [0.29, 0.717) is 11.8 Å². The maximum atomic E-state index is 5.69. The normalized spacial score (nSPS) is 18.4. The van der Waals surface area contributed by atoms with Crippen molar-refractivity contribution in [3.05, 3.63) is 23.8 Å². The number of ether oxygens (including phenoxy) is 1. The highest BCUT2D eigenvalue weighted by Crippen LogP contribution is 2.24. The third kappa shape index (κ3) is 2.22. The molecule has 1 aromatic heterocycles. The lowest BCUT2D eigenvalue weighted by atomic mass is 9.96.